The van der Waals surface area contributed by atoms with Crippen molar-refractivity contribution in [3.05, 3.63) is 57.7 Å². The van der Waals surface area contributed by atoms with E-state index >= 15 is 0 Å². The molecule has 1 aliphatic rings. The third kappa shape index (κ3) is 4.08. The molecule has 3 rings (SSSR count). The third-order valence-corrected chi connectivity index (χ3v) is 4.50. The van der Waals surface area contributed by atoms with Gasteiger partial charge in [-0.15, -0.1) is 0 Å². The number of halogens is 2. The van der Waals surface area contributed by atoms with Gasteiger partial charge in [-0.3, -0.25) is 4.79 Å². The quantitative estimate of drug-likeness (QED) is 0.533. The van der Waals surface area contributed by atoms with Gasteiger partial charge in [-0.1, -0.05) is 23.2 Å². The van der Waals surface area contributed by atoms with E-state index in [9.17, 15) is 9.59 Å². The number of benzene rings is 2. The molecule has 0 radical (unpaired) electrons. The second-order valence-electron chi connectivity index (χ2n) is 5.79. The monoisotopic (exact) mass is 420 g/mol. The summed E-state index contributed by atoms with van der Waals surface area (Å²) in [6.07, 6.45) is 1.51. The second kappa shape index (κ2) is 8.54. The fourth-order valence-electron chi connectivity index (χ4n) is 2.71. The Bertz CT molecular complexity index is 942. The summed E-state index contributed by atoms with van der Waals surface area (Å²) in [4.78, 5) is 26.1. The Morgan fingerprint density at radius 1 is 1.00 bits per heavy atom. The summed E-state index contributed by atoms with van der Waals surface area (Å²) in [7, 11) is 0. The van der Waals surface area contributed by atoms with Crippen LogP contribution in [0.5, 0.6) is 11.5 Å². The summed E-state index contributed by atoms with van der Waals surface area (Å²) in [5, 5.41) is 3.45. The van der Waals surface area contributed by atoms with Crippen LogP contribution in [0.3, 0.4) is 0 Å². The molecule has 0 unspecified atom stereocenters. The Labute approximate surface area is 172 Å². The zero-order valence-corrected chi connectivity index (χ0v) is 16.8. The van der Waals surface area contributed by atoms with E-state index in [1.165, 1.54) is 6.08 Å². The highest BCUT2D eigenvalue weighted by Crippen LogP contribution is 2.35. The van der Waals surface area contributed by atoms with Crippen LogP contribution in [0.4, 0.5) is 10.5 Å². The number of nitrogens with zero attached hydrogens (tertiary/aromatic N) is 1. The van der Waals surface area contributed by atoms with Gasteiger partial charge in [-0.2, -0.15) is 0 Å². The molecule has 1 heterocycles. The molecule has 0 aliphatic carbocycles. The van der Waals surface area contributed by atoms with Gasteiger partial charge in [0.1, 0.15) is 5.70 Å². The summed E-state index contributed by atoms with van der Waals surface area (Å²) in [5.41, 5.74) is 1.05. The zero-order valence-electron chi connectivity index (χ0n) is 15.3. The van der Waals surface area contributed by atoms with Crippen molar-refractivity contribution in [2.75, 3.05) is 18.1 Å². The molecule has 28 heavy (non-hydrogen) atoms. The van der Waals surface area contributed by atoms with Crippen molar-refractivity contribution in [3.63, 3.8) is 0 Å². The molecule has 0 spiro atoms. The Kier molecular flexibility index (Phi) is 6.11. The van der Waals surface area contributed by atoms with Gasteiger partial charge < -0.3 is 14.8 Å². The molecule has 0 aromatic heterocycles. The predicted molar refractivity (Wildman–Crippen MR) is 109 cm³/mol. The maximum atomic E-state index is 12.7. The molecule has 2 aromatic rings. The predicted octanol–water partition coefficient (Wildman–Crippen LogP) is 4.89. The van der Waals surface area contributed by atoms with E-state index in [1.807, 2.05) is 13.8 Å². The highest BCUT2D eigenvalue weighted by atomic mass is 35.5. The van der Waals surface area contributed by atoms with Gasteiger partial charge in [0.25, 0.3) is 5.91 Å². The number of ether oxygens (including phenoxy) is 2. The largest absolute Gasteiger partial charge is 0.490 e. The summed E-state index contributed by atoms with van der Waals surface area (Å²) in [6.45, 7) is 4.62. The Morgan fingerprint density at radius 2 is 1.61 bits per heavy atom. The van der Waals surface area contributed by atoms with Gasteiger partial charge in [0.05, 0.1) is 23.9 Å². The molecule has 8 heteroatoms. The summed E-state index contributed by atoms with van der Waals surface area (Å²) >= 11 is 12.2. The van der Waals surface area contributed by atoms with Gasteiger partial charge in [-0.25, -0.2) is 9.69 Å². The maximum absolute atomic E-state index is 12.7. The van der Waals surface area contributed by atoms with Crippen molar-refractivity contribution in [2.24, 2.45) is 0 Å². The van der Waals surface area contributed by atoms with E-state index in [1.54, 1.807) is 36.4 Å². The average Bonchev–Trinajstić information content (AvgIpc) is 2.93. The molecule has 1 fully saturated rings. The number of hydrogen-bond acceptors (Lipinski definition) is 4. The maximum Gasteiger partial charge on any atom is 0.333 e. The minimum Gasteiger partial charge on any atom is -0.490 e. The summed E-state index contributed by atoms with van der Waals surface area (Å²) in [6, 6.07) is 9.16. The molecule has 0 bridgehead atoms. The number of amides is 3. The highest BCUT2D eigenvalue weighted by molar-refractivity contribution is 6.33. The van der Waals surface area contributed by atoms with Crippen LogP contribution in [0.2, 0.25) is 10.0 Å². The Balaban J connectivity index is 1.95. The first-order chi connectivity index (χ1) is 13.4. The van der Waals surface area contributed by atoms with Gasteiger partial charge in [-0.05, 0) is 55.8 Å². The number of nitrogens with one attached hydrogen (secondary N) is 1. The molecular weight excluding hydrogens is 403 g/mol. The van der Waals surface area contributed by atoms with Crippen LogP contribution in [0.25, 0.3) is 6.08 Å². The number of hydrogen-bond donors (Lipinski definition) is 1. The Hall–Kier alpha value is -2.70. The molecule has 0 atom stereocenters. The standard InChI is InChI=1S/C20H18Cl2N2O4/c1-3-27-17-10-12(15(22)11-18(17)28-4-2)9-16-19(25)24(20(26)23-16)14-7-5-13(21)6-8-14/h5-11H,3-4H2,1-2H3,(H,23,26)/b16-9+. The van der Waals surface area contributed by atoms with Crippen molar-refractivity contribution < 1.29 is 19.1 Å². The number of urea groups is 1. The number of carbonyl (C=O) groups is 2. The van der Waals surface area contributed by atoms with E-state index in [2.05, 4.69) is 5.32 Å². The number of rotatable bonds is 6. The SMILES string of the molecule is CCOc1cc(Cl)c(/C=C2/NC(=O)N(c3ccc(Cl)cc3)C2=O)cc1OCC. The number of anilines is 1. The molecular formula is C20H18Cl2N2O4. The van der Waals surface area contributed by atoms with Crippen molar-refractivity contribution >= 4 is 46.9 Å². The fourth-order valence-corrected chi connectivity index (χ4v) is 3.05. The normalized spacial score (nSPS) is 15.1. The lowest BCUT2D eigenvalue weighted by Crippen LogP contribution is -2.30. The van der Waals surface area contributed by atoms with Gasteiger partial charge in [0, 0.05) is 11.1 Å². The molecule has 146 valence electrons. The summed E-state index contributed by atoms with van der Waals surface area (Å²) in [5.74, 6) is 0.531. The molecule has 2 aromatic carbocycles. The molecule has 1 aliphatic heterocycles. The third-order valence-electron chi connectivity index (χ3n) is 3.93. The van der Waals surface area contributed by atoms with Crippen LogP contribution < -0.4 is 19.7 Å². The van der Waals surface area contributed by atoms with E-state index in [4.69, 9.17) is 32.7 Å². The highest BCUT2D eigenvalue weighted by Gasteiger charge is 2.35. The number of carbonyl (C=O) groups excluding carboxylic acids is 2. The first kappa shape index (κ1) is 20.0. The molecule has 3 amide bonds. The van der Waals surface area contributed by atoms with Gasteiger partial charge >= 0.3 is 6.03 Å². The van der Waals surface area contributed by atoms with Crippen LogP contribution in [0.15, 0.2) is 42.1 Å². The minimum absolute atomic E-state index is 0.105. The zero-order chi connectivity index (χ0) is 20.3. The van der Waals surface area contributed by atoms with Gasteiger partial charge in [0.2, 0.25) is 0 Å². The van der Waals surface area contributed by atoms with Crippen molar-refractivity contribution in [1.82, 2.24) is 5.32 Å². The first-order valence-corrected chi connectivity index (χ1v) is 9.42. The van der Waals surface area contributed by atoms with Crippen molar-refractivity contribution in [1.29, 1.82) is 0 Å². The second-order valence-corrected chi connectivity index (χ2v) is 6.64. The van der Waals surface area contributed by atoms with Gasteiger partial charge in [0.15, 0.2) is 11.5 Å². The smallest absolute Gasteiger partial charge is 0.333 e. The summed E-state index contributed by atoms with van der Waals surface area (Å²) < 4.78 is 11.1. The lowest BCUT2D eigenvalue weighted by atomic mass is 10.1. The first-order valence-electron chi connectivity index (χ1n) is 8.66. The topological polar surface area (TPSA) is 67.9 Å². The van der Waals surface area contributed by atoms with Crippen molar-refractivity contribution in [3.8, 4) is 11.5 Å². The molecule has 0 saturated carbocycles. The average molecular weight is 421 g/mol. The molecule has 6 nitrogen and oxygen atoms in total. The van der Waals surface area contributed by atoms with E-state index in [0.717, 1.165) is 4.90 Å². The van der Waals surface area contributed by atoms with Crippen LogP contribution in [0, 0.1) is 0 Å². The van der Waals surface area contributed by atoms with E-state index < -0.39 is 11.9 Å². The lowest BCUT2D eigenvalue weighted by molar-refractivity contribution is -0.113. The van der Waals surface area contributed by atoms with E-state index in [0.29, 0.717) is 46.0 Å². The van der Waals surface area contributed by atoms with Crippen LogP contribution >= 0.6 is 23.2 Å². The van der Waals surface area contributed by atoms with Crippen LogP contribution in [-0.4, -0.2) is 25.2 Å². The van der Waals surface area contributed by atoms with E-state index in [-0.39, 0.29) is 5.70 Å². The lowest BCUT2D eigenvalue weighted by Gasteiger charge is -2.13. The fraction of sp³-hybridized carbons (Fsp3) is 0.200. The van der Waals surface area contributed by atoms with Crippen molar-refractivity contribution in [2.45, 2.75) is 13.8 Å². The Morgan fingerprint density at radius 3 is 2.21 bits per heavy atom. The minimum atomic E-state index is -0.550. The molecule has 1 saturated heterocycles. The van der Waals surface area contributed by atoms with Crippen LogP contribution in [0.1, 0.15) is 19.4 Å². The number of imide groups is 1. The molecule has 1 N–H and O–H groups in total. The van der Waals surface area contributed by atoms with Crippen LogP contribution in [-0.2, 0) is 4.79 Å².